The van der Waals surface area contributed by atoms with Crippen LogP contribution in [0.25, 0.3) is 86.1 Å². The molecule has 0 unspecified atom stereocenters. The molecule has 2 heterocycles. The second kappa shape index (κ2) is 13.5. The van der Waals surface area contributed by atoms with Crippen LogP contribution in [0.4, 0.5) is 0 Å². The number of fused-ring (bicyclic) bond motifs is 8. The number of hydrogen-bond donors (Lipinski definition) is 0. The zero-order valence-corrected chi connectivity index (χ0v) is 32.6. The summed E-state index contributed by atoms with van der Waals surface area (Å²) in [4.78, 5) is 5.65. The largest absolute Gasteiger partial charge is 0.309 e. The predicted molar refractivity (Wildman–Crippen MR) is 245 cm³/mol. The van der Waals surface area contributed by atoms with Crippen molar-refractivity contribution in [3.63, 3.8) is 0 Å². The number of hydrogen-bond acceptors (Lipinski definition) is 3. The second-order valence-electron chi connectivity index (χ2n) is 14.6. The van der Waals surface area contributed by atoms with Crippen molar-refractivity contribution in [2.45, 2.75) is 0 Å². The fourth-order valence-corrected chi connectivity index (χ4v) is 12.5. The van der Waals surface area contributed by atoms with Crippen LogP contribution >= 0.6 is 18.5 Å². The first-order chi connectivity index (χ1) is 28.1. The Hall–Kier alpha value is -6.64. The van der Waals surface area contributed by atoms with Crippen molar-refractivity contribution in [1.29, 1.82) is 0 Å². The molecule has 9 aromatic carbocycles. The number of para-hydroxylation sites is 1. The van der Waals surface area contributed by atoms with Gasteiger partial charge in [-0.1, -0.05) is 188 Å². The molecule has 0 spiro atoms. The van der Waals surface area contributed by atoms with E-state index in [1.807, 2.05) is 84.1 Å². The first kappa shape index (κ1) is 33.7. The van der Waals surface area contributed by atoms with E-state index < -0.39 is 7.14 Å². The van der Waals surface area contributed by atoms with Gasteiger partial charge in [0, 0.05) is 47.9 Å². The van der Waals surface area contributed by atoms with E-state index in [1.54, 1.807) is 0 Å². The summed E-state index contributed by atoms with van der Waals surface area (Å²) in [5.41, 5.74) is 7.49. The molecule has 0 saturated heterocycles. The lowest BCUT2D eigenvalue weighted by molar-refractivity contribution is 0.592. The van der Waals surface area contributed by atoms with Crippen molar-refractivity contribution in [2.75, 3.05) is 0 Å². The van der Waals surface area contributed by atoms with Gasteiger partial charge in [-0.3, -0.25) is 0 Å². The van der Waals surface area contributed by atoms with E-state index in [0.717, 1.165) is 54.8 Å². The highest BCUT2D eigenvalue weighted by Crippen LogP contribution is 2.47. The van der Waals surface area contributed by atoms with Crippen LogP contribution in [-0.2, 0) is 4.57 Å². The molecule has 268 valence electrons. The molecule has 2 nitrogen and oxygen atoms in total. The van der Waals surface area contributed by atoms with Crippen LogP contribution in [0, 0.1) is 0 Å². The van der Waals surface area contributed by atoms with E-state index in [-0.39, 0.29) is 0 Å². The molecule has 0 radical (unpaired) electrons. The molecule has 0 aliphatic heterocycles. The Morgan fingerprint density at radius 2 is 0.982 bits per heavy atom. The van der Waals surface area contributed by atoms with Gasteiger partial charge in [0.15, 0.2) is 7.14 Å². The molecule has 0 saturated carbocycles. The van der Waals surface area contributed by atoms with Gasteiger partial charge in [-0.2, -0.15) is 0 Å². The van der Waals surface area contributed by atoms with E-state index >= 15 is 4.57 Å². The highest BCUT2D eigenvalue weighted by Gasteiger charge is 2.29. The number of nitrogens with zero attached hydrogens (tertiary/aromatic N) is 1. The summed E-state index contributed by atoms with van der Waals surface area (Å²) in [6.07, 6.45) is 0. The molecule has 0 aliphatic carbocycles. The molecular weight excluding hydrogens is 730 g/mol. The van der Waals surface area contributed by atoms with Crippen LogP contribution < -0.4 is 15.9 Å². The summed E-state index contributed by atoms with van der Waals surface area (Å²) in [6.45, 7) is 0. The van der Waals surface area contributed by atoms with Crippen molar-refractivity contribution < 1.29 is 4.57 Å². The van der Waals surface area contributed by atoms with Gasteiger partial charge in [0.25, 0.3) is 0 Å². The maximum Gasteiger partial charge on any atom is 0.171 e. The number of benzene rings is 9. The summed E-state index contributed by atoms with van der Waals surface area (Å²) in [6, 6.07) is 71.9. The minimum atomic E-state index is -3.08. The molecule has 0 N–H and O–H groups in total. The van der Waals surface area contributed by atoms with Crippen LogP contribution in [-0.4, -0.2) is 4.98 Å². The molecule has 0 aliphatic rings. The maximum atomic E-state index is 15.1. The predicted octanol–water partition coefficient (Wildman–Crippen LogP) is 13.5. The third-order valence-electron chi connectivity index (χ3n) is 11.3. The average molecular weight is 764 g/mol. The minimum Gasteiger partial charge on any atom is -0.309 e. The lowest BCUT2D eigenvalue weighted by Crippen LogP contribution is -2.24. The third kappa shape index (κ3) is 5.46. The second-order valence-corrected chi connectivity index (χ2v) is 18.4. The summed E-state index contributed by atoms with van der Waals surface area (Å²) >= 11 is 1.81. The Balaban J connectivity index is 1.10. The van der Waals surface area contributed by atoms with Gasteiger partial charge < -0.3 is 4.57 Å². The Morgan fingerprint density at radius 1 is 0.404 bits per heavy atom. The van der Waals surface area contributed by atoms with Crippen LogP contribution in [0.2, 0.25) is 0 Å². The molecule has 2 aromatic heterocycles. The monoisotopic (exact) mass is 763 g/mol. The number of aromatic nitrogens is 1. The normalized spacial score (nSPS) is 11.9. The van der Waals surface area contributed by atoms with Crippen molar-refractivity contribution in [1.82, 2.24) is 4.98 Å². The van der Waals surface area contributed by atoms with Crippen LogP contribution in [0.3, 0.4) is 0 Å². The van der Waals surface area contributed by atoms with Gasteiger partial charge in [-0.05, 0) is 56.4 Å². The van der Waals surface area contributed by atoms with Crippen LogP contribution in [0.1, 0.15) is 0 Å². The van der Waals surface area contributed by atoms with Gasteiger partial charge in [0.05, 0.1) is 15.9 Å². The van der Waals surface area contributed by atoms with Crippen LogP contribution in [0.15, 0.2) is 206 Å². The summed E-state index contributed by atoms with van der Waals surface area (Å²) in [5, 5.41) is 11.1. The summed E-state index contributed by atoms with van der Waals surface area (Å²) in [5.74, 6) is 0. The van der Waals surface area contributed by atoms with E-state index in [2.05, 4.69) is 133 Å². The molecule has 57 heavy (non-hydrogen) atoms. The van der Waals surface area contributed by atoms with Crippen LogP contribution in [0.5, 0.6) is 0 Å². The smallest absolute Gasteiger partial charge is 0.171 e. The Kier molecular flexibility index (Phi) is 8.00. The van der Waals surface area contributed by atoms with E-state index in [9.17, 15) is 0 Å². The Labute approximate surface area is 334 Å². The van der Waals surface area contributed by atoms with Crippen molar-refractivity contribution in [2.24, 2.45) is 0 Å². The van der Waals surface area contributed by atoms with Gasteiger partial charge in [-0.15, -0.1) is 11.3 Å². The number of thiophene rings is 1. The number of pyridine rings is 1. The van der Waals surface area contributed by atoms with Crippen molar-refractivity contribution in [3.05, 3.63) is 206 Å². The van der Waals surface area contributed by atoms with Gasteiger partial charge in [-0.25, -0.2) is 4.98 Å². The highest BCUT2D eigenvalue weighted by atomic mass is 32.1. The Bertz CT molecular complexity index is 3330. The van der Waals surface area contributed by atoms with Gasteiger partial charge >= 0.3 is 0 Å². The fourth-order valence-electron chi connectivity index (χ4n) is 8.63. The molecule has 4 heteroatoms. The molecule has 0 fully saturated rings. The highest BCUT2D eigenvalue weighted by molar-refractivity contribution is 7.85. The standard InChI is InChI=1S/C53H34NOPS/c55-56(39-18-3-1-4-19-39,40-20-5-2-6-21-40)41-31-29-35(30-32-41)36-16-13-17-38(33-36)51-53-50(46-25-11-12-28-49(46)57-53)47-27-14-26-45(52(47)54-51)48-34-37-15-7-8-22-42(37)43-23-9-10-24-44(43)48/h1-34H. The minimum absolute atomic E-state index is 0.816. The SMILES string of the molecule is O=P(c1ccccc1)(c1ccccc1)c1ccc(-c2cccc(-c3nc4c(-c5cc6ccccc6c6ccccc56)cccc4c4c3sc3ccccc34)c2)cc1. The first-order valence-electron chi connectivity index (χ1n) is 19.2. The molecule has 0 bridgehead atoms. The lowest BCUT2D eigenvalue weighted by Gasteiger charge is -2.20. The van der Waals surface area contributed by atoms with Gasteiger partial charge in [0.1, 0.15) is 0 Å². The summed E-state index contributed by atoms with van der Waals surface area (Å²) < 4.78 is 17.5. The Morgan fingerprint density at radius 3 is 1.74 bits per heavy atom. The molecule has 0 amide bonds. The molecular formula is C53H34NOPS. The topological polar surface area (TPSA) is 30.0 Å². The zero-order chi connectivity index (χ0) is 37.9. The lowest BCUT2D eigenvalue weighted by atomic mass is 9.91. The van der Waals surface area contributed by atoms with E-state index in [0.29, 0.717) is 0 Å². The maximum absolute atomic E-state index is 15.1. The summed E-state index contributed by atoms with van der Waals surface area (Å²) in [7, 11) is -3.08. The third-order valence-corrected chi connectivity index (χ3v) is 15.6. The van der Waals surface area contributed by atoms with Crippen molar-refractivity contribution >= 4 is 87.0 Å². The quantitative estimate of drug-likeness (QED) is 0.125. The van der Waals surface area contributed by atoms with Gasteiger partial charge in [0.2, 0.25) is 0 Å². The van der Waals surface area contributed by atoms with Crippen molar-refractivity contribution in [3.8, 4) is 33.5 Å². The van der Waals surface area contributed by atoms with E-state index in [1.165, 1.54) is 47.3 Å². The molecule has 0 atom stereocenters. The van der Waals surface area contributed by atoms with E-state index in [4.69, 9.17) is 4.98 Å². The molecule has 11 aromatic rings. The first-order valence-corrected chi connectivity index (χ1v) is 21.7. The zero-order valence-electron chi connectivity index (χ0n) is 30.8. The fraction of sp³-hybridized carbons (Fsp3) is 0. The average Bonchev–Trinajstić information content (AvgIpc) is 3.69. The number of rotatable bonds is 6. The molecule has 11 rings (SSSR count).